The van der Waals surface area contributed by atoms with E-state index in [0.29, 0.717) is 13.1 Å². The third-order valence-electron chi connectivity index (χ3n) is 3.53. The Balaban J connectivity index is 1.67. The van der Waals surface area contributed by atoms with E-state index in [0.717, 1.165) is 24.6 Å². The fourth-order valence-corrected chi connectivity index (χ4v) is 2.51. The molecule has 2 aromatic rings. The second kappa shape index (κ2) is 5.47. The number of carbonyl (C=O) groups is 1. The van der Waals surface area contributed by atoms with Crippen molar-refractivity contribution in [3.05, 3.63) is 24.5 Å². The molecule has 118 valence electrons. The Morgan fingerprint density at radius 1 is 1.14 bits per heavy atom. The minimum absolute atomic E-state index is 0.244. The van der Waals surface area contributed by atoms with Gasteiger partial charge in [-0.1, -0.05) is 0 Å². The molecule has 0 spiro atoms. The van der Waals surface area contributed by atoms with Crippen LogP contribution in [0.3, 0.4) is 0 Å². The molecule has 1 saturated heterocycles. The van der Waals surface area contributed by atoms with Gasteiger partial charge in [-0.15, -0.1) is 0 Å². The van der Waals surface area contributed by atoms with Gasteiger partial charge in [-0.25, -0.2) is 9.78 Å². The maximum Gasteiger partial charge on any atom is 0.410 e. The van der Waals surface area contributed by atoms with Gasteiger partial charge in [0.2, 0.25) is 0 Å². The van der Waals surface area contributed by atoms with Gasteiger partial charge in [-0.2, -0.15) is 9.61 Å². The second-order valence-corrected chi connectivity index (χ2v) is 6.36. The first-order chi connectivity index (χ1) is 10.4. The number of nitrogens with zero attached hydrogens (tertiary/aromatic N) is 5. The predicted molar refractivity (Wildman–Crippen MR) is 83.0 cm³/mol. The molecule has 7 heteroatoms. The molecule has 0 radical (unpaired) electrons. The third kappa shape index (κ3) is 2.98. The van der Waals surface area contributed by atoms with Crippen molar-refractivity contribution in [2.45, 2.75) is 26.4 Å². The summed E-state index contributed by atoms with van der Waals surface area (Å²) in [5.41, 5.74) is 0.368. The van der Waals surface area contributed by atoms with Crippen LogP contribution >= 0.6 is 0 Å². The number of rotatable bonds is 1. The van der Waals surface area contributed by atoms with Crippen LogP contribution in [0.1, 0.15) is 20.8 Å². The zero-order chi connectivity index (χ0) is 15.7. The van der Waals surface area contributed by atoms with Gasteiger partial charge < -0.3 is 14.5 Å². The molecule has 0 N–H and O–H groups in total. The summed E-state index contributed by atoms with van der Waals surface area (Å²) in [4.78, 5) is 20.3. The summed E-state index contributed by atoms with van der Waals surface area (Å²) in [5, 5.41) is 4.30. The highest BCUT2D eigenvalue weighted by Crippen LogP contribution is 2.18. The average molecular weight is 303 g/mol. The molecule has 7 nitrogen and oxygen atoms in total. The highest BCUT2D eigenvalue weighted by Gasteiger charge is 2.26. The van der Waals surface area contributed by atoms with Crippen molar-refractivity contribution >= 4 is 17.6 Å². The van der Waals surface area contributed by atoms with Crippen LogP contribution < -0.4 is 4.90 Å². The summed E-state index contributed by atoms with van der Waals surface area (Å²) >= 11 is 0. The number of piperazine rings is 1. The topological polar surface area (TPSA) is 63.0 Å². The summed E-state index contributed by atoms with van der Waals surface area (Å²) in [5.74, 6) is 0.999. The summed E-state index contributed by atoms with van der Waals surface area (Å²) in [6, 6.07) is 3.82. The second-order valence-electron chi connectivity index (χ2n) is 6.36. The maximum atomic E-state index is 12.1. The van der Waals surface area contributed by atoms with Crippen molar-refractivity contribution in [2.24, 2.45) is 0 Å². The van der Waals surface area contributed by atoms with E-state index in [1.807, 2.05) is 37.4 Å². The lowest BCUT2D eigenvalue weighted by atomic mass is 10.2. The SMILES string of the molecule is CC(C)(C)OC(=O)N1CCN(c2ccnc3ccnn23)CC1. The first-order valence-electron chi connectivity index (χ1n) is 7.46. The van der Waals surface area contributed by atoms with Crippen molar-refractivity contribution in [1.82, 2.24) is 19.5 Å². The maximum absolute atomic E-state index is 12.1. The summed E-state index contributed by atoms with van der Waals surface area (Å²) in [6.07, 6.45) is 3.28. The van der Waals surface area contributed by atoms with E-state index in [9.17, 15) is 4.79 Å². The van der Waals surface area contributed by atoms with Crippen molar-refractivity contribution in [3.8, 4) is 0 Å². The molecule has 0 saturated carbocycles. The summed E-state index contributed by atoms with van der Waals surface area (Å²) < 4.78 is 7.24. The van der Waals surface area contributed by atoms with Crippen LogP contribution in [0.15, 0.2) is 24.5 Å². The van der Waals surface area contributed by atoms with Crippen LogP contribution in [0.2, 0.25) is 0 Å². The molecule has 1 aliphatic rings. The van der Waals surface area contributed by atoms with Crippen LogP contribution in [0.5, 0.6) is 0 Å². The van der Waals surface area contributed by atoms with Gasteiger partial charge in [0.15, 0.2) is 5.65 Å². The molecular weight excluding hydrogens is 282 g/mol. The van der Waals surface area contributed by atoms with Crippen LogP contribution in [-0.2, 0) is 4.74 Å². The standard InChI is InChI=1S/C15H21N5O2/c1-15(2,3)22-14(21)19-10-8-18(9-11-19)13-5-6-16-12-4-7-17-20(12)13/h4-7H,8-11H2,1-3H3. The molecular formula is C15H21N5O2. The fraction of sp³-hybridized carbons (Fsp3) is 0.533. The van der Waals surface area contributed by atoms with E-state index in [2.05, 4.69) is 15.0 Å². The first kappa shape index (κ1) is 14.6. The molecule has 1 aliphatic heterocycles. The molecule has 0 aromatic carbocycles. The van der Waals surface area contributed by atoms with E-state index in [4.69, 9.17) is 4.74 Å². The van der Waals surface area contributed by atoms with Gasteiger partial charge in [-0.05, 0) is 26.8 Å². The smallest absolute Gasteiger partial charge is 0.410 e. The van der Waals surface area contributed by atoms with E-state index in [1.54, 1.807) is 17.3 Å². The van der Waals surface area contributed by atoms with Crippen molar-refractivity contribution < 1.29 is 9.53 Å². The molecule has 0 aliphatic carbocycles. The van der Waals surface area contributed by atoms with E-state index in [1.165, 1.54) is 0 Å². The van der Waals surface area contributed by atoms with Crippen molar-refractivity contribution in [3.63, 3.8) is 0 Å². The lowest BCUT2D eigenvalue weighted by molar-refractivity contribution is 0.0240. The van der Waals surface area contributed by atoms with E-state index in [-0.39, 0.29) is 6.09 Å². The molecule has 2 aromatic heterocycles. The van der Waals surface area contributed by atoms with Gasteiger partial charge in [0.25, 0.3) is 0 Å². The number of amides is 1. The van der Waals surface area contributed by atoms with Gasteiger partial charge in [0.1, 0.15) is 11.4 Å². The quantitative estimate of drug-likeness (QED) is 0.803. The monoisotopic (exact) mass is 303 g/mol. The van der Waals surface area contributed by atoms with E-state index >= 15 is 0 Å². The molecule has 3 heterocycles. The Kier molecular flexibility index (Phi) is 3.64. The van der Waals surface area contributed by atoms with Crippen LogP contribution in [-0.4, -0.2) is 57.4 Å². The Hall–Kier alpha value is -2.31. The lowest BCUT2D eigenvalue weighted by Crippen LogP contribution is -2.50. The predicted octanol–water partition coefficient (Wildman–Crippen LogP) is 1.79. The minimum atomic E-state index is -0.458. The summed E-state index contributed by atoms with van der Waals surface area (Å²) in [6.45, 7) is 8.42. The molecule has 0 atom stereocenters. The van der Waals surface area contributed by atoms with Gasteiger partial charge >= 0.3 is 6.09 Å². The fourth-order valence-electron chi connectivity index (χ4n) is 2.51. The zero-order valence-electron chi connectivity index (χ0n) is 13.2. The minimum Gasteiger partial charge on any atom is -0.444 e. The van der Waals surface area contributed by atoms with Gasteiger partial charge in [-0.3, -0.25) is 0 Å². The van der Waals surface area contributed by atoms with Crippen molar-refractivity contribution in [1.29, 1.82) is 0 Å². The number of fused-ring (bicyclic) bond motifs is 1. The number of carbonyl (C=O) groups excluding carboxylic acids is 1. The molecule has 0 bridgehead atoms. The zero-order valence-corrected chi connectivity index (χ0v) is 13.2. The van der Waals surface area contributed by atoms with E-state index < -0.39 is 5.60 Å². The molecule has 3 rings (SSSR count). The number of aromatic nitrogens is 3. The van der Waals surface area contributed by atoms with Crippen LogP contribution in [0.25, 0.3) is 5.65 Å². The first-order valence-corrected chi connectivity index (χ1v) is 7.46. The average Bonchev–Trinajstić information content (AvgIpc) is 2.94. The highest BCUT2D eigenvalue weighted by molar-refractivity contribution is 5.68. The number of hydrogen-bond acceptors (Lipinski definition) is 5. The molecule has 1 fully saturated rings. The van der Waals surface area contributed by atoms with Crippen LogP contribution in [0.4, 0.5) is 10.6 Å². The Bertz CT molecular complexity index is 668. The Morgan fingerprint density at radius 2 is 1.86 bits per heavy atom. The van der Waals surface area contributed by atoms with Gasteiger partial charge in [0.05, 0.1) is 6.20 Å². The normalized spacial score (nSPS) is 16.1. The molecule has 0 unspecified atom stereocenters. The van der Waals surface area contributed by atoms with Gasteiger partial charge in [0, 0.05) is 38.4 Å². The highest BCUT2D eigenvalue weighted by atomic mass is 16.6. The number of hydrogen-bond donors (Lipinski definition) is 0. The van der Waals surface area contributed by atoms with Crippen LogP contribution in [0, 0.1) is 0 Å². The largest absolute Gasteiger partial charge is 0.444 e. The number of anilines is 1. The Labute approximate surface area is 129 Å². The third-order valence-corrected chi connectivity index (χ3v) is 3.53. The molecule has 22 heavy (non-hydrogen) atoms. The lowest BCUT2D eigenvalue weighted by Gasteiger charge is -2.36. The molecule has 1 amide bonds. The Morgan fingerprint density at radius 3 is 2.55 bits per heavy atom. The summed E-state index contributed by atoms with van der Waals surface area (Å²) in [7, 11) is 0. The number of ether oxygens (including phenoxy) is 1. The van der Waals surface area contributed by atoms with Crippen molar-refractivity contribution in [2.75, 3.05) is 31.1 Å².